The van der Waals surface area contributed by atoms with E-state index < -0.39 is 0 Å². The molecule has 0 atom stereocenters. The van der Waals surface area contributed by atoms with Gasteiger partial charge in [0.15, 0.2) is 12.4 Å². The lowest BCUT2D eigenvalue weighted by Gasteiger charge is -2.08. The molecule has 1 amide bonds. The van der Waals surface area contributed by atoms with E-state index in [9.17, 15) is 9.59 Å². The summed E-state index contributed by atoms with van der Waals surface area (Å²) in [5, 5.41) is 11.3. The summed E-state index contributed by atoms with van der Waals surface area (Å²) in [6.07, 6.45) is 0.341. The zero-order chi connectivity index (χ0) is 16.7. The van der Waals surface area contributed by atoms with Crippen LogP contribution in [0.25, 0.3) is 0 Å². The number of benzene rings is 2. The molecule has 23 heavy (non-hydrogen) atoms. The first kappa shape index (κ1) is 16.2. The predicted octanol–water partition coefficient (Wildman–Crippen LogP) is 2.97. The van der Waals surface area contributed by atoms with E-state index in [1.165, 1.54) is 6.92 Å². The number of amides is 1. The van der Waals surface area contributed by atoms with Crippen molar-refractivity contribution < 1.29 is 14.3 Å². The molecule has 0 heterocycles. The first-order valence-corrected chi connectivity index (χ1v) is 7.08. The van der Waals surface area contributed by atoms with Crippen molar-refractivity contribution in [3.8, 4) is 11.8 Å². The lowest BCUT2D eigenvalue weighted by Crippen LogP contribution is -2.20. The van der Waals surface area contributed by atoms with Crippen molar-refractivity contribution in [2.75, 3.05) is 11.9 Å². The molecule has 2 aromatic carbocycles. The highest BCUT2D eigenvalue weighted by Gasteiger charge is 2.05. The van der Waals surface area contributed by atoms with Gasteiger partial charge in [-0.25, -0.2) is 0 Å². The van der Waals surface area contributed by atoms with Gasteiger partial charge in [-0.1, -0.05) is 12.1 Å². The molecule has 1 N–H and O–H groups in total. The quantitative estimate of drug-likeness (QED) is 0.832. The zero-order valence-corrected chi connectivity index (χ0v) is 12.7. The van der Waals surface area contributed by atoms with Gasteiger partial charge in [-0.2, -0.15) is 5.26 Å². The van der Waals surface area contributed by atoms with Crippen molar-refractivity contribution in [1.29, 1.82) is 5.26 Å². The van der Waals surface area contributed by atoms with Gasteiger partial charge in [0.1, 0.15) is 5.75 Å². The Morgan fingerprint density at radius 1 is 1.09 bits per heavy atom. The number of Topliss-reactive ketones (excluding diaryl/α,β-unsaturated/α-hetero) is 1. The van der Waals surface area contributed by atoms with E-state index in [4.69, 9.17) is 10.00 Å². The second-order valence-electron chi connectivity index (χ2n) is 4.95. The number of ketones is 1. The monoisotopic (exact) mass is 308 g/mol. The predicted molar refractivity (Wildman–Crippen MR) is 86.3 cm³/mol. The Bertz CT molecular complexity index is 728. The summed E-state index contributed by atoms with van der Waals surface area (Å²) in [6, 6.07) is 15.8. The van der Waals surface area contributed by atoms with Gasteiger partial charge in [0.25, 0.3) is 5.91 Å². The third-order valence-corrected chi connectivity index (χ3v) is 3.15. The van der Waals surface area contributed by atoms with Gasteiger partial charge in [0, 0.05) is 11.3 Å². The van der Waals surface area contributed by atoms with E-state index in [0.29, 0.717) is 23.4 Å². The summed E-state index contributed by atoms with van der Waals surface area (Å²) in [6.45, 7) is 1.37. The molecule has 0 spiro atoms. The Balaban J connectivity index is 1.85. The molecule has 0 radical (unpaired) electrons. The van der Waals surface area contributed by atoms with Crippen molar-refractivity contribution in [2.45, 2.75) is 13.3 Å². The first-order chi connectivity index (χ1) is 11.1. The van der Waals surface area contributed by atoms with Gasteiger partial charge in [0.05, 0.1) is 12.5 Å². The normalized spacial score (nSPS) is 9.74. The molecule has 116 valence electrons. The van der Waals surface area contributed by atoms with Crippen LogP contribution in [0.3, 0.4) is 0 Å². The molecule has 0 aliphatic rings. The molecular weight excluding hydrogens is 292 g/mol. The van der Waals surface area contributed by atoms with Crippen LogP contribution in [0.4, 0.5) is 5.69 Å². The van der Waals surface area contributed by atoms with E-state index in [0.717, 1.165) is 5.56 Å². The molecule has 5 heteroatoms. The summed E-state index contributed by atoms with van der Waals surface area (Å²) in [4.78, 5) is 23.0. The summed E-state index contributed by atoms with van der Waals surface area (Å²) in [7, 11) is 0. The van der Waals surface area contributed by atoms with Gasteiger partial charge in [-0.05, 0) is 48.9 Å². The van der Waals surface area contributed by atoms with Crippen molar-refractivity contribution in [1.82, 2.24) is 0 Å². The minimum atomic E-state index is -0.284. The smallest absolute Gasteiger partial charge is 0.262 e. The van der Waals surface area contributed by atoms with E-state index in [1.54, 1.807) is 48.5 Å². The third kappa shape index (κ3) is 4.97. The number of rotatable bonds is 6. The van der Waals surface area contributed by atoms with Crippen molar-refractivity contribution in [2.24, 2.45) is 0 Å². The fourth-order valence-corrected chi connectivity index (χ4v) is 1.93. The van der Waals surface area contributed by atoms with Gasteiger partial charge in [-0.15, -0.1) is 0 Å². The molecular formula is C18H16N2O3. The Morgan fingerprint density at radius 2 is 1.74 bits per heavy atom. The van der Waals surface area contributed by atoms with Crippen LogP contribution in [0.2, 0.25) is 0 Å². The molecule has 0 saturated carbocycles. The van der Waals surface area contributed by atoms with Crippen LogP contribution in [0, 0.1) is 11.3 Å². The molecule has 0 saturated heterocycles. The number of anilines is 1. The van der Waals surface area contributed by atoms with Crippen molar-refractivity contribution in [3.05, 3.63) is 59.7 Å². The van der Waals surface area contributed by atoms with Gasteiger partial charge < -0.3 is 10.1 Å². The minimum Gasteiger partial charge on any atom is -0.484 e. The molecule has 5 nitrogen and oxygen atoms in total. The maximum atomic E-state index is 11.8. The maximum Gasteiger partial charge on any atom is 0.262 e. The second kappa shape index (κ2) is 7.76. The number of nitriles is 1. The summed E-state index contributed by atoms with van der Waals surface area (Å²) in [5.41, 5.74) is 2.14. The minimum absolute atomic E-state index is 0.0193. The Labute approximate surface area is 134 Å². The number of carbonyl (C=O) groups excluding carboxylic acids is 2. The van der Waals surface area contributed by atoms with E-state index in [2.05, 4.69) is 11.4 Å². The lowest BCUT2D eigenvalue weighted by atomic mass is 10.1. The van der Waals surface area contributed by atoms with Crippen LogP contribution in [-0.2, 0) is 11.2 Å². The Morgan fingerprint density at radius 3 is 2.30 bits per heavy atom. The zero-order valence-electron chi connectivity index (χ0n) is 12.7. The molecule has 2 aromatic rings. The SMILES string of the molecule is CC(=O)c1ccc(OCC(=O)Nc2ccc(CC#N)cc2)cc1. The van der Waals surface area contributed by atoms with Gasteiger partial charge in [-0.3, -0.25) is 9.59 Å². The lowest BCUT2D eigenvalue weighted by molar-refractivity contribution is -0.118. The topological polar surface area (TPSA) is 79.2 Å². The van der Waals surface area contributed by atoms with Crippen LogP contribution in [-0.4, -0.2) is 18.3 Å². The number of ether oxygens (including phenoxy) is 1. The molecule has 0 aliphatic heterocycles. The Hall–Kier alpha value is -3.13. The van der Waals surface area contributed by atoms with Crippen molar-refractivity contribution in [3.63, 3.8) is 0 Å². The molecule has 0 fully saturated rings. The highest BCUT2D eigenvalue weighted by molar-refractivity contribution is 5.94. The Kier molecular flexibility index (Phi) is 5.48. The van der Waals surface area contributed by atoms with Crippen LogP contribution in [0.15, 0.2) is 48.5 Å². The largest absolute Gasteiger partial charge is 0.484 e. The second-order valence-corrected chi connectivity index (χ2v) is 4.95. The first-order valence-electron chi connectivity index (χ1n) is 7.08. The molecule has 0 unspecified atom stereocenters. The number of nitrogens with zero attached hydrogens (tertiary/aromatic N) is 1. The molecule has 2 rings (SSSR count). The number of nitrogens with one attached hydrogen (secondary N) is 1. The molecule has 0 aliphatic carbocycles. The fourth-order valence-electron chi connectivity index (χ4n) is 1.93. The average Bonchev–Trinajstić information content (AvgIpc) is 2.55. The number of carbonyl (C=O) groups is 2. The van der Waals surface area contributed by atoms with Crippen molar-refractivity contribution >= 4 is 17.4 Å². The third-order valence-electron chi connectivity index (χ3n) is 3.15. The van der Waals surface area contributed by atoms with E-state index in [1.807, 2.05) is 0 Å². The summed E-state index contributed by atoms with van der Waals surface area (Å²) < 4.78 is 5.37. The van der Waals surface area contributed by atoms with Crippen LogP contribution >= 0.6 is 0 Å². The maximum absolute atomic E-state index is 11.8. The van der Waals surface area contributed by atoms with Gasteiger partial charge >= 0.3 is 0 Å². The van der Waals surface area contributed by atoms with E-state index in [-0.39, 0.29) is 18.3 Å². The fraction of sp³-hybridized carbons (Fsp3) is 0.167. The number of hydrogen-bond donors (Lipinski definition) is 1. The molecule has 0 bridgehead atoms. The number of hydrogen-bond acceptors (Lipinski definition) is 4. The standard InChI is InChI=1S/C18H16N2O3/c1-13(21)15-4-8-17(9-5-15)23-12-18(22)20-16-6-2-14(3-7-16)10-11-19/h2-9H,10,12H2,1H3,(H,20,22). The highest BCUT2D eigenvalue weighted by Crippen LogP contribution is 2.13. The van der Waals surface area contributed by atoms with Crippen LogP contribution in [0.5, 0.6) is 5.75 Å². The highest BCUT2D eigenvalue weighted by atomic mass is 16.5. The average molecular weight is 308 g/mol. The molecule has 0 aromatic heterocycles. The summed E-state index contributed by atoms with van der Waals surface area (Å²) in [5.74, 6) is 0.220. The van der Waals surface area contributed by atoms with Crippen LogP contribution < -0.4 is 10.1 Å². The van der Waals surface area contributed by atoms with E-state index >= 15 is 0 Å². The van der Waals surface area contributed by atoms with Crippen LogP contribution in [0.1, 0.15) is 22.8 Å². The summed E-state index contributed by atoms with van der Waals surface area (Å²) >= 11 is 0. The van der Waals surface area contributed by atoms with Gasteiger partial charge in [0.2, 0.25) is 0 Å².